The number of allylic oxidation sites excluding steroid dienone is 2. The van der Waals surface area contributed by atoms with Gasteiger partial charge in [-0.15, -0.1) is 0 Å². The van der Waals surface area contributed by atoms with Gasteiger partial charge >= 0.3 is 0 Å². The predicted molar refractivity (Wildman–Crippen MR) is 51.5 cm³/mol. The average molecular weight is 155 g/mol. The maximum absolute atomic E-state index is 2.31. The van der Waals surface area contributed by atoms with E-state index in [1.54, 1.807) is 0 Å². The van der Waals surface area contributed by atoms with Crippen molar-refractivity contribution < 1.29 is 0 Å². The quantitative estimate of drug-likeness (QED) is 0.603. The molecule has 11 heavy (non-hydrogen) atoms. The molecule has 0 aliphatic heterocycles. The fourth-order valence-electron chi connectivity index (χ4n) is 1.14. The minimum absolute atomic E-state index is 0.750. The van der Waals surface area contributed by atoms with Gasteiger partial charge in [-0.05, 0) is 19.3 Å². The second-order valence-electron chi connectivity index (χ2n) is 3.53. The molecular formula is C10H21N. The molecule has 66 valence electrons. The van der Waals surface area contributed by atoms with Gasteiger partial charge in [0.2, 0.25) is 0 Å². The van der Waals surface area contributed by atoms with Crippen LogP contribution in [0.2, 0.25) is 0 Å². The summed E-state index contributed by atoms with van der Waals surface area (Å²) >= 11 is 0. The molecule has 0 radical (unpaired) electrons. The molecule has 1 heteroatoms. The Morgan fingerprint density at radius 3 is 2.36 bits per heavy atom. The van der Waals surface area contributed by atoms with Gasteiger partial charge in [0.05, 0.1) is 0 Å². The first-order valence-electron chi connectivity index (χ1n) is 4.45. The van der Waals surface area contributed by atoms with E-state index in [0.717, 1.165) is 18.9 Å². The minimum atomic E-state index is 0.750. The maximum atomic E-state index is 2.31. The zero-order valence-electron chi connectivity index (χ0n) is 8.52. The van der Waals surface area contributed by atoms with Gasteiger partial charge < -0.3 is 4.90 Å². The highest BCUT2D eigenvalue weighted by Crippen LogP contribution is 2.04. The van der Waals surface area contributed by atoms with Crippen molar-refractivity contribution in [3.63, 3.8) is 0 Å². The SMILES string of the molecule is CC/C=C(/C)N(C)CC(C)C. The van der Waals surface area contributed by atoms with Crippen LogP contribution in [0.1, 0.15) is 34.1 Å². The smallest absolute Gasteiger partial charge is 0.0194 e. The van der Waals surface area contributed by atoms with Crippen LogP contribution in [0, 0.1) is 5.92 Å². The molecule has 0 spiro atoms. The summed E-state index contributed by atoms with van der Waals surface area (Å²) in [6.45, 7) is 9.99. The molecule has 1 nitrogen and oxygen atoms in total. The number of rotatable bonds is 4. The second-order valence-corrected chi connectivity index (χ2v) is 3.53. The highest BCUT2D eigenvalue weighted by atomic mass is 15.1. The molecular weight excluding hydrogens is 134 g/mol. The molecule has 0 heterocycles. The van der Waals surface area contributed by atoms with E-state index in [4.69, 9.17) is 0 Å². The Bertz CT molecular complexity index is 125. The Balaban J connectivity index is 3.82. The molecule has 0 unspecified atom stereocenters. The summed E-state index contributed by atoms with van der Waals surface area (Å²) in [5.74, 6) is 0.750. The van der Waals surface area contributed by atoms with Crippen molar-refractivity contribution in [2.24, 2.45) is 5.92 Å². The molecule has 0 aromatic rings. The van der Waals surface area contributed by atoms with Gasteiger partial charge in [-0.2, -0.15) is 0 Å². The van der Waals surface area contributed by atoms with E-state index in [2.05, 4.69) is 45.7 Å². The van der Waals surface area contributed by atoms with Crippen LogP contribution in [-0.4, -0.2) is 18.5 Å². The van der Waals surface area contributed by atoms with Crippen LogP contribution in [0.3, 0.4) is 0 Å². The van der Waals surface area contributed by atoms with E-state index in [0.29, 0.717) is 0 Å². The molecule has 0 rings (SSSR count). The summed E-state index contributed by atoms with van der Waals surface area (Å²) in [4.78, 5) is 2.31. The average Bonchev–Trinajstić information content (AvgIpc) is 1.86. The van der Waals surface area contributed by atoms with E-state index in [1.807, 2.05) is 0 Å². The van der Waals surface area contributed by atoms with Crippen molar-refractivity contribution in [1.29, 1.82) is 0 Å². The Morgan fingerprint density at radius 1 is 1.45 bits per heavy atom. The van der Waals surface area contributed by atoms with E-state index in [9.17, 15) is 0 Å². The number of hydrogen-bond acceptors (Lipinski definition) is 1. The van der Waals surface area contributed by atoms with Crippen LogP contribution in [0.15, 0.2) is 11.8 Å². The first kappa shape index (κ1) is 10.5. The van der Waals surface area contributed by atoms with Gasteiger partial charge in [-0.25, -0.2) is 0 Å². The van der Waals surface area contributed by atoms with E-state index in [-0.39, 0.29) is 0 Å². The molecule has 0 N–H and O–H groups in total. The monoisotopic (exact) mass is 155 g/mol. The van der Waals surface area contributed by atoms with Gasteiger partial charge in [0.1, 0.15) is 0 Å². The van der Waals surface area contributed by atoms with Crippen molar-refractivity contribution in [2.45, 2.75) is 34.1 Å². The molecule has 0 aliphatic carbocycles. The molecule has 0 fully saturated rings. The van der Waals surface area contributed by atoms with Gasteiger partial charge in [0.25, 0.3) is 0 Å². The van der Waals surface area contributed by atoms with E-state index >= 15 is 0 Å². The van der Waals surface area contributed by atoms with Crippen molar-refractivity contribution >= 4 is 0 Å². The molecule has 0 aromatic carbocycles. The Hall–Kier alpha value is -0.460. The molecule has 0 atom stereocenters. The maximum Gasteiger partial charge on any atom is 0.0194 e. The van der Waals surface area contributed by atoms with Gasteiger partial charge in [-0.1, -0.05) is 26.8 Å². The molecule has 0 bridgehead atoms. The molecule has 0 aromatic heterocycles. The lowest BCUT2D eigenvalue weighted by Gasteiger charge is -2.21. The fourth-order valence-corrected chi connectivity index (χ4v) is 1.14. The third kappa shape index (κ3) is 4.88. The lowest BCUT2D eigenvalue weighted by atomic mass is 10.2. The normalized spacial score (nSPS) is 12.4. The topological polar surface area (TPSA) is 3.24 Å². The minimum Gasteiger partial charge on any atom is -0.378 e. The largest absolute Gasteiger partial charge is 0.378 e. The second kappa shape index (κ2) is 5.22. The van der Waals surface area contributed by atoms with Crippen molar-refractivity contribution in [2.75, 3.05) is 13.6 Å². The summed E-state index contributed by atoms with van der Waals surface area (Å²) in [5, 5.41) is 0. The Kier molecular flexibility index (Phi) is 5.01. The fraction of sp³-hybridized carbons (Fsp3) is 0.800. The first-order valence-corrected chi connectivity index (χ1v) is 4.45. The van der Waals surface area contributed by atoms with Gasteiger partial charge in [-0.3, -0.25) is 0 Å². The molecule has 0 aliphatic rings. The summed E-state index contributed by atoms with van der Waals surface area (Å²) in [7, 11) is 2.15. The standard InChI is InChI=1S/C10H21N/c1-6-7-10(4)11(5)8-9(2)3/h7,9H,6,8H2,1-5H3/b10-7-. The molecule has 0 saturated heterocycles. The van der Waals surface area contributed by atoms with Crippen LogP contribution in [0.5, 0.6) is 0 Å². The third-order valence-electron chi connectivity index (χ3n) is 1.74. The van der Waals surface area contributed by atoms with E-state index < -0.39 is 0 Å². The summed E-state index contributed by atoms with van der Waals surface area (Å²) in [6, 6.07) is 0. The lowest BCUT2D eigenvalue weighted by molar-refractivity contribution is 0.361. The Labute approximate surface area is 71.1 Å². The predicted octanol–water partition coefficient (Wildman–Crippen LogP) is 2.89. The first-order chi connectivity index (χ1) is 5.07. The Morgan fingerprint density at radius 2 is 2.00 bits per heavy atom. The molecule has 0 saturated carbocycles. The van der Waals surface area contributed by atoms with Crippen LogP contribution in [0.4, 0.5) is 0 Å². The zero-order valence-corrected chi connectivity index (χ0v) is 8.52. The third-order valence-corrected chi connectivity index (χ3v) is 1.74. The summed E-state index contributed by atoms with van der Waals surface area (Å²) in [5.41, 5.74) is 1.39. The van der Waals surface area contributed by atoms with E-state index in [1.165, 1.54) is 5.70 Å². The highest BCUT2D eigenvalue weighted by molar-refractivity contribution is 4.95. The van der Waals surface area contributed by atoms with Crippen LogP contribution in [0.25, 0.3) is 0 Å². The van der Waals surface area contributed by atoms with Gasteiger partial charge in [0.15, 0.2) is 0 Å². The number of nitrogens with zero attached hydrogens (tertiary/aromatic N) is 1. The highest BCUT2D eigenvalue weighted by Gasteiger charge is 2.00. The van der Waals surface area contributed by atoms with Crippen LogP contribution >= 0.6 is 0 Å². The van der Waals surface area contributed by atoms with Crippen LogP contribution in [-0.2, 0) is 0 Å². The van der Waals surface area contributed by atoms with Crippen molar-refractivity contribution in [1.82, 2.24) is 4.90 Å². The zero-order chi connectivity index (χ0) is 8.85. The molecule has 0 amide bonds. The van der Waals surface area contributed by atoms with Crippen molar-refractivity contribution in [3.05, 3.63) is 11.8 Å². The van der Waals surface area contributed by atoms with Crippen molar-refractivity contribution in [3.8, 4) is 0 Å². The number of hydrogen-bond donors (Lipinski definition) is 0. The van der Waals surface area contributed by atoms with Crippen LogP contribution < -0.4 is 0 Å². The lowest BCUT2D eigenvalue weighted by Crippen LogP contribution is -2.21. The summed E-state index contributed by atoms with van der Waals surface area (Å²) < 4.78 is 0. The van der Waals surface area contributed by atoms with Gasteiger partial charge in [0, 0.05) is 19.3 Å². The summed E-state index contributed by atoms with van der Waals surface area (Å²) in [6.07, 6.45) is 3.40.